The van der Waals surface area contributed by atoms with Gasteiger partial charge in [0.15, 0.2) is 6.73 Å². The molecule has 0 saturated carbocycles. The number of anilines is 1. The Hall–Kier alpha value is -2.96. The van der Waals surface area contributed by atoms with Crippen LogP contribution in [0.15, 0.2) is 51.7 Å². The lowest BCUT2D eigenvalue weighted by Crippen LogP contribution is -2.32. The number of ether oxygens (including phenoxy) is 1. The van der Waals surface area contributed by atoms with Crippen LogP contribution in [-0.2, 0) is 12.7 Å². The van der Waals surface area contributed by atoms with Crippen LogP contribution in [0.4, 0.5) is 18.9 Å². The van der Waals surface area contributed by atoms with Gasteiger partial charge in [-0.2, -0.15) is 13.2 Å². The Morgan fingerprint density at radius 3 is 2.50 bits per heavy atom. The first kappa shape index (κ1) is 16.5. The molecular formula is C19H14F3NO3. The molecule has 1 aliphatic heterocycles. The average molecular weight is 361 g/mol. The van der Waals surface area contributed by atoms with Gasteiger partial charge in [-0.15, -0.1) is 0 Å². The van der Waals surface area contributed by atoms with Gasteiger partial charge in [0.25, 0.3) is 0 Å². The normalized spacial score (nSPS) is 14.2. The second-order valence-electron chi connectivity index (χ2n) is 6.18. The average Bonchev–Trinajstić information content (AvgIpc) is 2.60. The highest BCUT2D eigenvalue weighted by atomic mass is 19.4. The summed E-state index contributed by atoms with van der Waals surface area (Å²) in [5.74, 6) is 0.606. The molecular weight excluding hydrogens is 347 g/mol. The topological polar surface area (TPSA) is 42.7 Å². The summed E-state index contributed by atoms with van der Waals surface area (Å²) in [4.78, 5) is 13.5. The highest BCUT2D eigenvalue weighted by molar-refractivity contribution is 5.85. The van der Waals surface area contributed by atoms with E-state index in [1.165, 1.54) is 18.2 Å². The van der Waals surface area contributed by atoms with E-state index in [2.05, 4.69) is 0 Å². The number of aryl methyl sites for hydroxylation is 1. The molecule has 0 saturated heterocycles. The van der Waals surface area contributed by atoms with Gasteiger partial charge in [-0.1, -0.05) is 0 Å². The number of hydrogen-bond donors (Lipinski definition) is 0. The Morgan fingerprint density at radius 2 is 1.81 bits per heavy atom. The third kappa shape index (κ3) is 2.79. The van der Waals surface area contributed by atoms with Crippen molar-refractivity contribution in [2.24, 2.45) is 0 Å². The first-order valence-electron chi connectivity index (χ1n) is 7.94. The van der Waals surface area contributed by atoms with E-state index in [0.29, 0.717) is 29.1 Å². The highest BCUT2D eigenvalue weighted by Crippen LogP contribution is 2.35. The Bertz CT molecular complexity index is 1040. The largest absolute Gasteiger partial charge is 0.473 e. The molecule has 134 valence electrons. The lowest BCUT2D eigenvalue weighted by atomic mass is 10.0. The zero-order chi connectivity index (χ0) is 18.5. The Kier molecular flexibility index (Phi) is 3.68. The molecule has 4 rings (SSSR count). The van der Waals surface area contributed by atoms with E-state index >= 15 is 0 Å². The van der Waals surface area contributed by atoms with Crippen molar-refractivity contribution in [1.29, 1.82) is 0 Å². The molecule has 0 unspecified atom stereocenters. The number of fused-ring (bicyclic) bond motifs is 3. The van der Waals surface area contributed by atoms with Crippen LogP contribution in [0.1, 0.15) is 16.7 Å². The van der Waals surface area contributed by atoms with Crippen molar-refractivity contribution in [2.75, 3.05) is 11.6 Å². The maximum Gasteiger partial charge on any atom is 0.416 e. The van der Waals surface area contributed by atoms with Gasteiger partial charge in [0.05, 0.1) is 17.7 Å². The number of alkyl halides is 3. The molecule has 0 aliphatic carbocycles. The van der Waals surface area contributed by atoms with Crippen LogP contribution in [0.25, 0.3) is 11.0 Å². The van der Waals surface area contributed by atoms with Crippen LogP contribution in [0.2, 0.25) is 0 Å². The van der Waals surface area contributed by atoms with Crippen LogP contribution in [-0.4, -0.2) is 6.73 Å². The molecule has 0 spiro atoms. The van der Waals surface area contributed by atoms with Crippen LogP contribution in [0.3, 0.4) is 0 Å². The molecule has 26 heavy (non-hydrogen) atoms. The monoisotopic (exact) mass is 361 g/mol. The van der Waals surface area contributed by atoms with Crippen LogP contribution >= 0.6 is 0 Å². The molecule has 2 aromatic carbocycles. The van der Waals surface area contributed by atoms with Crippen molar-refractivity contribution in [1.82, 2.24) is 0 Å². The maximum atomic E-state index is 12.7. The van der Waals surface area contributed by atoms with Gasteiger partial charge in [-0.05, 0) is 48.9 Å². The molecule has 0 fully saturated rings. The van der Waals surface area contributed by atoms with E-state index in [1.54, 1.807) is 4.90 Å². The Labute approximate surface area is 146 Å². The summed E-state index contributed by atoms with van der Waals surface area (Å²) in [7, 11) is 0. The quantitative estimate of drug-likeness (QED) is 0.600. The smallest absolute Gasteiger partial charge is 0.416 e. The molecule has 3 aromatic rings. The number of halogens is 3. The van der Waals surface area contributed by atoms with E-state index in [4.69, 9.17) is 9.15 Å². The van der Waals surface area contributed by atoms with E-state index < -0.39 is 17.4 Å². The summed E-state index contributed by atoms with van der Waals surface area (Å²) >= 11 is 0. The second-order valence-corrected chi connectivity index (χ2v) is 6.18. The first-order chi connectivity index (χ1) is 12.3. The first-order valence-corrected chi connectivity index (χ1v) is 7.94. The summed E-state index contributed by atoms with van der Waals surface area (Å²) in [6.07, 6.45) is -4.37. The summed E-state index contributed by atoms with van der Waals surface area (Å²) in [5, 5.41) is 0.807. The van der Waals surface area contributed by atoms with Gasteiger partial charge >= 0.3 is 11.8 Å². The van der Waals surface area contributed by atoms with E-state index in [1.807, 2.05) is 19.1 Å². The summed E-state index contributed by atoms with van der Waals surface area (Å²) in [6.45, 7) is 2.38. The summed E-state index contributed by atoms with van der Waals surface area (Å²) in [5.41, 5.74) is 1.39. The van der Waals surface area contributed by atoms with Crippen molar-refractivity contribution >= 4 is 16.7 Å². The standard InChI is InChI=1S/C19H14F3NO3/c1-11-8-17(24)26-18-14(11)6-7-16-15(18)9-23(10-25-16)13-4-2-12(3-5-13)19(20,21)22/h2-8H,9-10H2,1H3. The molecule has 0 bridgehead atoms. The maximum absolute atomic E-state index is 12.7. The van der Waals surface area contributed by atoms with Crippen molar-refractivity contribution < 1.29 is 22.3 Å². The Morgan fingerprint density at radius 1 is 1.08 bits per heavy atom. The lowest BCUT2D eigenvalue weighted by Gasteiger charge is -2.31. The lowest BCUT2D eigenvalue weighted by molar-refractivity contribution is -0.137. The molecule has 0 N–H and O–H groups in total. The fraction of sp³-hybridized carbons (Fsp3) is 0.211. The van der Waals surface area contributed by atoms with Crippen LogP contribution in [0.5, 0.6) is 5.75 Å². The van der Waals surface area contributed by atoms with Gasteiger partial charge in [0.1, 0.15) is 11.3 Å². The minimum absolute atomic E-state index is 0.194. The van der Waals surface area contributed by atoms with E-state index in [-0.39, 0.29) is 6.73 Å². The molecule has 0 amide bonds. The van der Waals surface area contributed by atoms with Crippen molar-refractivity contribution in [3.05, 3.63) is 69.6 Å². The molecule has 0 radical (unpaired) electrons. The molecule has 2 heterocycles. The van der Waals surface area contributed by atoms with Crippen LogP contribution in [0, 0.1) is 6.92 Å². The van der Waals surface area contributed by atoms with Crippen molar-refractivity contribution in [2.45, 2.75) is 19.6 Å². The SMILES string of the molecule is Cc1cc(=O)oc2c3c(ccc12)OCN(c1ccc(C(F)(F)F)cc1)C3. The third-order valence-corrected chi connectivity index (χ3v) is 4.46. The predicted molar refractivity (Wildman–Crippen MR) is 90.3 cm³/mol. The van der Waals surface area contributed by atoms with Crippen molar-refractivity contribution in [3.63, 3.8) is 0 Å². The molecule has 1 aromatic heterocycles. The minimum Gasteiger partial charge on any atom is -0.473 e. The summed E-state index contributed by atoms with van der Waals surface area (Å²) < 4.78 is 49.3. The number of nitrogens with zero attached hydrogens (tertiary/aromatic N) is 1. The molecule has 4 nitrogen and oxygen atoms in total. The zero-order valence-corrected chi connectivity index (χ0v) is 13.8. The van der Waals surface area contributed by atoms with Gasteiger partial charge in [0.2, 0.25) is 0 Å². The third-order valence-electron chi connectivity index (χ3n) is 4.46. The second kappa shape index (κ2) is 5.79. The van der Waals surface area contributed by atoms with E-state index in [0.717, 1.165) is 23.1 Å². The fourth-order valence-electron chi connectivity index (χ4n) is 3.12. The Balaban J connectivity index is 1.73. The van der Waals surface area contributed by atoms with Gasteiger partial charge in [-0.3, -0.25) is 0 Å². The number of benzene rings is 2. The van der Waals surface area contributed by atoms with Gasteiger partial charge in [-0.25, -0.2) is 4.79 Å². The van der Waals surface area contributed by atoms with Gasteiger partial charge in [0, 0.05) is 17.1 Å². The molecule has 0 atom stereocenters. The predicted octanol–water partition coefficient (Wildman–Crippen LogP) is 4.48. The van der Waals surface area contributed by atoms with E-state index in [9.17, 15) is 18.0 Å². The fourth-order valence-corrected chi connectivity index (χ4v) is 3.12. The zero-order valence-electron chi connectivity index (χ0n) is 13.8. The van der Waals surface area contributed by atoms with Gasteiger partial charge < -0.3 is 14.1 Å². The number of rotatable bonds is 1. The summed E-state index contributed by atoms with van der Waals surface area (Å²) in [6, 6.07) is 9.96. The van der Waals surface area contributed by atoms with Crippen molar-refractivity contribution in [3.8, 4) is 5.75 Å². The molecule has 1 aliphatic rings. The number of hydrogen-bond acceptors (Lipinski definition) is 4. The molecule has 7 heteroatoms. The highest BCUT2D eigenvalue weighted by Gasteiger charge is 2.30. The minimum atomic E-state index is -4.37. The van der Waals surface area contributed by atoms with Crippen LogP contribution < -0.4 is 15.3 Å².